The maximum absolute atomic E-state index is 6.50. The zero-order valence-electron chi connectivity index (χ0n) is 12.8. The summed E-state index contributed by atoms with van der Waals surface area (Å²) in [7, 11) is 0. The topological polar surface area (TPSA) is 3.88 Å². The van der Waals surface area contributed by atoms with Crippen molar-refractivity contribution in [2.75, 3.05) is 0 Å². The van der Waals surface area contributed by atoms with Crippen molar-refractivity contribution in [2.45, 2.75) is 34.2 Å². The molecule has 0 fully saturated rings. The van der Waals surface area contributed by atoms with Gasteiger partial charge in [0, 0.05) is 17.5 Å². The smallest absolute Gasteiger partial charge is 0.186 e. The van der Waals surface area contributed by atoms with E-state index in [0.717, 1.165) is 17.1 Å². The molecule has 1 aromatic heterocycles. The molecule has 0 aliphatic rings. The van der Waals surface area contributed by atoms with Gasteiger partial charge < -0.3 is 0 Å². The lowest BCUT2D eigenvalue weighted by Gasteiger charge is -2.09. The molecule has 0 radical (unpaired) electrons. The molecule has 0 spiro atoms. The lowest BCUT2D eigenvalue weighted by atomic mass is 9.97. The molecule has 3 heteroatoms. The Hall–Kier alpha value is -1.38. The van der Waals surface area contributed by atoms with Crippen molar-refractivity contribution in [3.8, 4) is 11.1 Å². The largest absolute Gasteiger partial charge is 0.235 e. The first-order valence-corrected chi connectivity index (χ1v) is 8.41. The van der Waals surface area contributed by atoms with Crippen molar-refractivity contribution in [1.82, 2.24) is 0 Å². The molecular weight excluding hydrogens is 298 g/mol. The maximum atomic E-state index is 6.50. The molecule has 0 saturated carbocycles. The molecule has 1 nitrogen and oxygen atoms in total. The van der Waals surface area contributed by atoms with Gasteiger partial charge in [0.25, 0.3) is 0 Å². The second kappa shape index (κ2) is 5.43. The van der Waals surface area contributed by atoms with Crippen LogP contribution in [0.4, 0.5) is 0 Å². The van der Waals surface area contributed by atoms with Gasteiger partial charge in [-0.25, -0.2) is 0 Å². The van der Waals surface area contributed by atoms with Gasteiger partial charge >= 0.3 is 0 Å². The summed E-state index contributed by atoms with van der Waals surface area (Å²) in [6, 6.07) is 10.7. The van der Waals surface area contributed by atoms with E-state index in [0.29, 0.717) is 0 Å². The number of thiazole rings is 1. The van der Waals surface area contributed by atoms with Crippen LogP contribution >= 0.6 is 22.9 Å². The van der Waals surface area contributed by atoms with Gasteiger partial charge in [0.1, 0.15) is 11.2 Å². The molecule has 0 bridgehead atoms. The lowest BCUT2D eigenvalue weighted by molar-refractivity contribution is -0.669. The van der Waals surface area contributed by atoms with Crippen LogP contribution in [0.3, 0.4) is 0 Å². The van der Waals surface area contributed by atoms with Crippen LogP contribution in [0.25, 0.3) is 21.3 Å². The van der Waals surface area contributed by atoms with Crippen LogP contribution in [-0.2, 0) is 6.54 Å². The highest BCUT2D eigenvalue weighted by Crippen LogP contribution is 2.37. The van der Waals surface area contributed by atoms with Gasteiger partial charge in [-0.3, -0.25) is 0 Å². The van der Waals surface area contributed by atoms with Crippen LogP contribution in [0.2, 0.25) is 5.02 Å². The number of aryl methyl sites for hydroxylation is 4. The van der Waals surface area contributed by atoms with E-state index in [1.807, 2.05) is 17.4 Å². The van der Waals surface area contributed by atoms with Crippen LogP contribution in [0.5, 0.6) is 0 Å². The first-order valence-electron chi connectivity index (χ1n) is 7.22. The molecule has 21 heavy (non-hydrogen) atoms. The van der Waals surface area contributed by atoms with Crippen LogP contribution in [-0.4, -0.2) is 0 Å². The van der Waals surface area contributed by atoms with E-state index in [-0.39, 0.29) is 0 Å². The highest BCUT2D eigenvalue weighted by molar-refractivity contribution is 7.18. The zero-order chi connectivity index (χ0) is 15.1. The molecule has 0 amide bonds. The van der Waals surface area contributed by atoms with Crippen molar-refractivity contribution in [3.63, 3.8) is 0 Å². The zero-order valence-corrected chi connectivity index (χ0v) is 14.4. The molecule has 0 unspecified atom stereocenters. The summed E-state index contributed by atoms with van der Waals surface area (Å²) < 4.78 is 3.72. The van der Waals surface area contributed by atoms with Crippen LogP contribution in [0, 0.1) is 20.8 Å². The van der Waals surface area contributed by atoms with Crippen molar-refractivity contribution >= 4 is 33.2 Å². The summed E-state index contributed by atoms with van der Waals surface area (Å²) in [5.41, 5.74) is 6.23. The Kier molecular flexibility index (Phi) is 3.76. The SMILES string of the molecule is CC[n+]1c(C)sc2ccc(C)c(-c3cc(C)ccc3Cl)c21. The minimum absolute atomic E-state index is 0.822. The van der Waals surface area contributed by atoms with Crippen LogP contribution in [0.15, 0.2) is 30.3 Å². The van der Waals surface area contributed by atoms with Crippen molar-refractivity contribution in [2.24, 2.45) is 0 Å². The first kappa shape index (κ1) is 14.6. The van der Waals surface area contributed by atoms with Gasteiger partial charge in [-0.15, -0.1) is 0 Å². The Balaban J connectivity index is 2.46. The predicted molar refractivity (Wildman–Crippen MR) is 92.4 cm³/mol. The van der Waals surface area contributed by atoms with E-state index in [4.69, 9.17) is 11.6 Å². The number of aromatic nitrogens is 1. The Labute approximate surface area is 134 Å². The van der Waals surface area contributed by atoms with Crippen molar-refractivity contribution in [1.29, 1.82) is 0 Å². The van der Waals surface area contributed by atoms with Gasteiger partial charge in [0.05, 0.1) is 5.56 Å². The Bertz CT molecular complexity index is 833. The van der Waals surface area contributed by atoms with Crippen LogP contribution < -0.4 is 4.57 Å². The monoisotopic (exact) mass is 316 g/mol. The van der Waals surface area contributed by atoms with E-state index >= 15 is 0 Å². The summed E-state index contributed by atoms with van der Waals surface area (Å²) in [6.07, 6.45) is 0. The maximum Gasteiger partial charge on any atom is 0.235 e. The van der Waals surface area contributed by atoms with Gasteiger partial charge in [-0.2, -0.15) is 4.57 Å². The van der Waals surface area contributed by atoms with Crippen molar-refractivity contribution < 1.29 is 4.57 Å². The van der Waals surface area contributed by atoms with Gasteiger partial charge in [-0.1, -0.05) is 40.6 Å². The predicted octanol–water partition coefficient (Wildman–Crippen LogP) is 5.45. The fourth-order valence-electron chi connectivity index (χ4n) is 2.95. The molecular formula is C18H19ClNS+. The summed E-state index contributed by atoms with van der Waals surface area (Å²) in [5, 5.41) is 2.16. The Morgan fingerprint density at radius 3 is 2.57 bits per heavy atom. The summed E-state index contributed by atoms with van der Waals surface area (Å²) in [6.45, 7) is 9.64. The quantitative estimate of drug-likeness (QED) is 0.553. The van der Waals surface area contributed by atoms with Crippen molar-refractivity contribution in [3.05, 3.63) is 51.5 Å². The average Bonchev–Trinajstić information content (AvgIpc) is 2.77. The highest BCUT2D eigenvalue weighted by Gasteiger charge is 2.23. The number of nitrogens with zero attached hydrogens (tertiary/aromatic N) is 1. The third-order valence-electron chi connectivity index (χ3n) is 3.96. The fraction of sp³-hybridized carbons (Fsp3) is 0.278. The molecule has 1 heterocycles. The second-order valence-electron chi connectivity index (χ2n) is 5.45. The number of fused-ring (bicyclic) bond motifs is 1. The first-order chi connectivity index (χ1) is 10.0. The summed E-state index contributed by atoms with van der Waals surface area (Å²) in [4.78, 5) is 0. The Morgan fingerprint density at radius 2 is 1.86 bits per heavy atom. The minimum atomic E-state index is 0.822. The number of rotatable bonds is 2. The van der Waals surface area contributed by atoms with E-state index in [2.05, 4.69) is 56.5 Å². The van der Waals surface area contributed by atoms with E-state index in [1.54, 1.807) is 0 Å². The number of hydrogen-bond donors (Lipinski definition) is 0. The van der Waals surface area contributed by atoms with E-state index in [1.165, 1.54) is 31.9 Å². The minimum Gasteiger partial charge on any atom is -0.186 e. The van der Waals surface area contributed by atoms with Crippen LogP contribution in [0.1, 0.15) is 23.1 Å². The summed E-state index contributed by atoms with van der Waals surface area (Å²) >= 11 is 8.35. The fourth-order valence-corrected chi connectivity index (χ4v) is 4.25. The number of benzene rings is 2. The standard InChI is InChI=1S/C18H19ClNS/c1-5-20-13(4)21-16-9-7-12(3)17(18(16)20)14-10-11(2)6-8-15(14)19/h6-10H,5H2,1-4H3/q+1. The normalized spacial score (nSPS) is 11.3. The van der Waals surface area contributed by atoms with Gasteiger partial charge in [0.2, 0.25) is 10.5 Å². The van der Waals surface area contributed by atoms with Gasteiger partial charge in [-0.05, 0) is 44.5 Å². The number of halogens is 1. The molecule has 108 valence electrons. The van der Waals surface area contributed by atoms with Gasteiger partial charge in [0.15, 0.2) is 0 Å². The molecule has 3 rings (SSSR count). The number of hydrogen-bond acceptors (Lipinski definition) is 1. The third kappa shape index (κ3) is 2.37. The summed E-state index contributed by atoms with van der Waals surface area (Å²) in [5.74, 6) is 0. The molecule has 0 saturated heterocycles. The Morgan fingerprint density at radius 1 is 1.10 bits per heavy atom. The molecule has 0 N–H and O–H groups in total. The molecule has 0 atom stereocenters. The molecule has 0 aliphatic carbocycles. The van der Waals surface area contributed by atoms with E-state index in [9.17, 15) is 0 Å². The van der Waals surface area contributed by atoms with E-state index < -0.39 is 0 Å². The molecule has 3 aromatic rings. The molecule has 0 aliphatic heterocycles. The lowest BCUT2D eigenvalue weighted by Crippen LogP contribution is -2.33. The third-order valence-corrected chi connectivity index (χ3v) is 5.36. The highest BCUT2D eigenvalue weighted by atomic mass is 35.5. The molecule has 2 aromatic carbocycles. The average molecular weight is 317 g/mol. The second-order valence-corrected chi connectivity index (χ2v) is 7.09.